The van der Waals surface area contributed by atoms with Crippen LogP contribution in [0.5, 0.6) is 5.75 Å². The molecule has 0 unspecified atom stereocenters. The molecule has 2 aromatic rings. The molecular formula is C17H16ClFN2O3. The van der Waals surface area contributed by atoms with Crippen molar-refractivity contribution in [3.8, 4) is 5.75 Å². The summed E-state index contributed by atoms with van der Waals surface area (Å²) in [4.78, 5) is 23.5. The Bertz CT molecular complexity index is 735. The number of hydrogen-bond acceptors (Lipinski definition) is 3. The number of ether oxygens (including phenoxy) is 1. The van der Waals surface area contributed by atoms with Gasteiger partial charge in [-0.25, -0.2) is 4.39 Å². The van der Waals surface area contributed by atoms with E-state index in [-0.39, 0.29) is 12.3 Å². The molecular weight excluding hydrogens is 335 g/mol. The fourth-order valence-electron chi connectivity index (χ4n) is 1.91. The zero-order chi connectivity index (χ0) is 17.5. The van der Waals surface area contributed by atoms with Crippen molar-refractivity contribution in [3.63, 3.8) is 0 Å². The molecule has 0 spiro atoms. The van der Waals surface area contributed by atoms with Crippen LogP contribution < -0.4 is 15.4 Å². The smallest absolute Gasteiger partial charge is 0.313 e. The number of amides is 2. The quantitative estimate of drug-likeness (QED) is 0.814. The zero-order valence-corrected chi connectivity index (χ0v) is 13.7. The highest BCUT2D eigenvalue weighted by Gasteiger charge is 2.14. The molecule has 0 atom stereocenters. The molecule has 0 bridgehead atoms. The lowest BCUT2D eigenvalue weighted by molar-refractivity contribution is -0.136. The maximum atomic E-state index is 13.7. The summed E-state index contributed by atoms with van der Waals surface area (Å²) in [5.74, 6) is -2.01. The minimum absolute atomic E-state index is 0.0240. The van der Waals surface area contributed by atoms with E-state index in [9.17, 15) is 14.0 Å². The van der Waals surface area contributed by atoms with E-state index in [2.05, 4.69) is 10.6 Å². The van der Waals surface area contributed by atoms with E-state index in [1.54, 1.807) is 37.3 Å². The van der Waals surface area contributed by atoms with Gasteiger partial charge in [-0.2, -0.15) is 0 Å². The summed E-state index contributed by atoms with van der Waals surface area (Å²) in [6, 6.07) is 10.7. The molecule has 0 saturated carbocycles. The molecule has 2 rings (SSSR count). The van der Waals surface area contributed by atoms with E-state index in [0.29, 0.717) is 22.9 Å². The van der Waals surface area contributed by atoms with E-state index in [4.69, 9.17) is 16.3 Å². The Morgan fingerprint density at radius 3 is 2.46 bits per heavy atom. The Morgan fingerprint density at radius 1 is 1.12 bits per heavy atom. The Balaban J connectivity index is 1.89. The fraction of sp³-hybridized carbons (Fsp3) is 0.176. The molecule has 0 radical (unpaired) electrons. The first-order chi connectivity index (χ1) is 11.5. The van der Waals surface area contributed by atoms with Gasteiger partial charge in [0.1, 0.15) is 0 Å². The minimum atomic E-state index is -0.820. The van der Waals surface area contributed by atoms with Crippen LogP contribution in [-0.4, -0.2) is 18.4 Å². The summed E-state index contributed by atoms with van der Waals surface area (Å²) in [6.45, 7) is 2.14. The Labute approximate surface area is 143 Å². The first-order valence-electron chi connectivity index (χ1n) is 7.25. The van der Waals surface area contributed by atoms with Crippen molar-refractivity contribution in [2.75, 3.05) is 11.9 Å². The van der Waals surface area contributed by atoms with Crippen molar-refractivity contribution in [2.24, 2.45) is 0 Å². The standard InChI is InChI=1S/C17H16ClFN2O3/c1-2-24-15-8-3-11(9-14(15)19)10-20-16(22)17(23)21-13-6-4-12(18)5-7-13/h3-9H,2,10H2,1H3,(H,20,22)(H,21,23). The predicted octanol–water partition coefficient (Wildman–Crippen LogP) is 3.13. The molecule has 0 aliphatic rings. The lowest BCUT2D eigenvalue weighted by atomic mass is 10.2. The molecule has 0 aliphatic carbocycles. The number of benzene rings is 2. The molecule has 0 aromatic heterocycles. The maximum absolute atomic E-state index is 13.7. The van der Waals surface area contributed by atoms with Gasteiger partial charge in [0, 0.05) is 17.3 Å². The first kappa shape index (κ1) is 17.7. The average Bonchev–Trinajstić information content (AvgIpc) is 2.57. The number of carbonyl (C=O) groups is 2. The summed E-state index contributed by atoms with van der Waals surface area (Å²) >= 11 is 5.74. The normalized spacial score (nSPS) is 10.1. The van der Waals surface area contributed by atoms with Crippen molar-refractivity contribution < 1.29 is 18.7 Å². The summed E-state index contributed by atoms with van der Waals surface area (Å²) in [6.07, 6.45) is 0. The molecule has 0 aliphatic heterocycles. The van der Waals surface area contributed by atoms with Gasteiger partial charge in [0.15, 0.2) is 11.6 Å². The molecule has 5 nitrogen and oxygen atoms in total. The molecule has 0 saturated heterocycles. The summed E-state index contributed by atoms with van der Waals surface area (Å²) in [7, 11) is 0. The van der Waals surface area contributed by atoms with Gasteiger partial charge >= 0.3 is 11.8 Å². The van der Waals surface area contributed by atoms with Crippen LogP contribution in [0, 0.1) is 5.82 Å². The molecule has 0 heterocycles. The van der Waals surface area contributed by atoms with Gasteiger partial charge in [0.25, 0.3) is 0 Å². The van der Waals surface area contributed by atoms with Crippen LogP contribution in [0.15, 0.2) is 42.5 Å². The Hall–Kier alpha value is -2.60. The lowest BCUT2D eigenvalue weighted by Crippen LogP contribution is -2.34. The molecule has 7 heteroatoms. The Kier molecular flexibility index (Phi) is 6.14. The van der Waals surface area contributed by atoms with E-state index in [1.165, 1.54) is 12.1 Å². The predicted molar refractivity (Wildman–Crippen MR) is 89.5 cm³/mol. The van der Waals surface area contributed by atoms with Crippen LogP contribution in [0.2, 0.25) is 5.02 Å². The first-order valence-corrected chi connectivity index (χ1v) is 7.63. The molecule has 24 heavy (non-hydrogen) atoms. The number of anilines is 1. The molecule has 126 valence electrons. The average molecular weight is 351 g/mol. The topological polar surface area (TPSA) is 67.4 Å². The minimum Gasteiger partial charge on any atom is -0.491 e. The second-order valence-electron chi connectivity index (χ2n) is 4.84. The number of rotatable bonds is 5. The van der Waals surface area contributed by atoms with Crippen LogP contribution in [0.3, 0.4) is 0 Å². The van der Waals surface area contributed by atoms with Crippen molar-refractivity contribution >= 4 is 29.1 Å². The van der Waals surface area contributed by atoms with Crippen LogP contribution in [-0.2, 0) is 16.1 Å². The second kappa shape index (κ2) is 8.31. The van der Waals surface area contributed by atoms with Crippen LogP contribution in [0.1, 0.15) is 12.5 Å². The highest BCUT2D eigenvalue weighted by atomic mass is 35.5. The lowest BCUT2D eigenvalue weighted by Gasteiger charge is -2.09. The van der Waals surface area contributed by atoms with Gasteiger partial charge in [-0.3, -0.25) is 9.59 Å². The Morgan fingerprint density at radius 2 is 1.83 bits per heavy atom. The highest BCUT2D eigenvalue weighted by molar-refractivity contribution is 6.39. The van der Waals surface area contributed by atoms with E-state index >= 15 is 0 Å². The monoisotopic (exact) mass is 350 g/mol. The number of hydrogen-bond donors (Lipinski definition) is 2. The third-order valence-electron chi connectivity index (χ3n) is 3.06. The fourth-order valence-corrected chi connectivity index (χ4v) is 2.04. The van der Waals surface area contributed by atoms with Gasteiger partial charge in [0.05, 0.1) is 6.61 Å². The van der Waals surface area contributed by atoms with E-state index in [0.717, 1.165) is 0 Å². The number of carbonyl (C=O) groups excluding carboxylic acids is 2. The van der Waals surface area contributed by atoms with Crippen molar-refractivity contribution in [3.05, 3.63) is 58.9 Å². The maximum Gasteiger partial charge on any atom is 0.313 e. The van der Waals surface area contributed by atoms with Crippen molar-refractivity contribution in [1.29, 1.82) is 0 Å². The van der Waals surface area contributed by atoms with Gasteiger partial charge in [-0.05, 0) is 48.9 Å². The molecule has 2 N–H and O–H groups in total. The van der Waals surface area contributed by atoms with Crippen LogP contribution >= 0.6 is 11.6 Å². The number of nitrogens with one attached hydrogen (secondary N) is 2. The highest BCUT2D eigenvalue weighted by Crippen LogP contribution is 2.18. The zero-order valence-electron chi connectivity index (χ0n) is 12.9. The van der Waals surface area contributed by atoms with Gasteiger partial charge in [0.2, 0.25) is 0 Å². The molecule has 2 amide bonds. The SMILES string of the molecule is CCOc1ccc(CNC(=O)C(=O)Nc2ccc(Cl)cc2)cc1F. The summed E-state index contributed by atoms with van der Waals surface area (Å²) in [5.41, 5.74) is 0.968. The third kappa shape index (κ3) is 4.96. The second-order valence-corrected chi connectivity index (χ2v) is 5.28. The van der Waals surface area contributed by atoms with E-state index in [1.807, 2.05) is 0 Å². The molecule has 0 fully saturated rings. The van der Waals surface area contributed by atoms with Crippen molar-refractivity contribution in [2.45, 2.75) is 13.5 Å². The summed E-state index contributed by atoms with van der Waals surface area (Å²) in [5, 5.41) is 5.39. The van der Waals surface area contributed by atoms with Gasteiger partial charge in [-0.1, -0.05) is 17.7 Å². The van der Waals surface area contributed by atoms with Gasteiger partial charge in [-0.15, -0.1) is 0 Å². The number of halogens is 2. The third-order valence-corrected chi connectivity index (χ3v) is 3.31. The van der Waals surface area contributed by atoms with Crippen LogP contribution in [0.4, 0.5) is 10.1 Å². The largest absolute Gasteiger partial charge is 0.491 e. The molecule has 2 aromatic carbocycles. The summed E-state index contributed by atoms with van der Waals surface area (Å²) < 4.78 is 18.8. The van der Waals surface area contributed by atoms with E-state index < -0.39 is 17.6 Å². The van der Waals surface area contributed by atoms with Gasteiger partial charge < -0.3 is 15.4 Å². The van der Waals surface area contributed by atoms with Crippen LogP contribution in [0.25, 0.3) is 0 Å². The van der Waals surface area contributed by atoms with Crippen molar-refractivity contribution in [1.82, 2.24) is 5.32 Å².